The van der Waals surface area contributed by atoms with Gasteiger partial charge in [0.05, 0.1) is 10.9 Å². The molecule has 1 N–H and O–H groups in total. The first-order valence-corrected chi connectivity index (χ1v) is 8.09. The summed E-state index contributed by atoms with van der Waals surface area (Å²) in [7, 11) is 0. The second-order valence-corrected chi connectivity index (χ2v) is 6.50. The molecule has 5 nitrogen and oxygen atoms in total. The van der Waals surface area contributed by atoms with Gasteiger partial charge in [-0.15, -0.1) is 0 Å². The van der Waals surface area contributed by atoms with Crippen LogP contribution in [-0.4, -0.2) is 32.8 Å². The Morgan fingerprint density at radius 2 is 2.17 bits per heavy atom. The van der Waals surface area contributed by atoms with Gasteiger partial charge in [-0.2, -0.15) is 13.2 Å². The third-order valence-corrected chi connectivity index (χ3v) is 4.56. The van der Waals surface area contributed by atoms with E-state index in [4.69, 9.17) is 0 Å². The molecule has 23 heavy (non-hydrogen) atoms. The highest BCUT2D eigenvalue weighted by Gasteiger charge is 2.30. The van der Waals surface area contributed by atoms with E-state index < -0.39 is 12.7 Å². The maximum atomic E-state index is 12.5. The number of imidazole rings is 1. The quantitative estimate of drug-likeness (QED) is 0.858. The van der Waals surface area contributed by atoms with Gasteiger partial charge >= 0.3 is 6.18 Å². The second-order valence-electron chi connectivity index (χ2n) is 5.47. The van der Waals surface area contributed by atoms with E-state index in [1.165, 1.54) is 18.5 Å². The summed E-state index contributed by atoms with van der Waals surface area (Å²) in [6.07, 6.45) is 3.84. The number of hydrogen-bond acceptors (Lipinski definition) is 4. The Bertz CT molecular complexity index is 659. The number of halogens is 3. The lowest BCUT2D eigenvalue weighted by atomic mass is 10.3. The SMILES string of the molecule is O=C1NC(=NC2CCCC2)SC1=Cc1nccn1CC(F)(F)F. The molecule has 0 aromatic carbocycles. The first kappa shape index (κ1) is 16.1. The van der Waals surface area contributed by atoms with E-state index in [-0.39, 0.29) is 17.8 Å². The van der Waals surface area contributed by atoms with Crippen LogP contribution in [0.15, 0.2) is 22.3 Å². The number of amidine groups is 1. The zero-order chi connectivity index (χ0) is 16.4. The number of amides is 1. The van der Waals surface area contributed by atoms with Crippen molar-refractivity contribution < 1.29 is 18.0 Å². The topological polar surface area (TPSA) is 59.3 Å². The Labute approximate surface area is 135 Å². The number of carbonyl (C=O) groups is 1. The summed E-state index contributed by atoms with van der Waals surface area (Å²) in [4.78, 5) is 20.6. The van der Waals surface area contributed by atoms with Gasteiger partial charge in [-0.05, 0) is 24.6 Å². The summed E-state index contributed by atoms with van der Waals surface area (Å²) in [6.45, 7) is -1.14. The van der Waals surface area contributed by atoms with Gasteiger partial charge in [0, 0.05) is 18.5 Å². The zero-order valence-electron chi connectivity index (χ0n) is 12.1. The summed E-state index contributed by atoms with van der Waals surface area (Å²) >= 11 is 1.15. The van der Waals surface area contributed by atoms with Crippen molar-refractivity contribution in [3.63, 3.8) is 0 Å². The van der Waals surface area contributed by atoms with Gasteiger partial charge in [0.15, 0.2) is 5.17 Å². The molecule has 1 aromatic heterocycles. The lowest BCUT2D eigenvalue weighted by Crippen LogP contribution is -2.21. The lowest BCUT2D eigenvalue weighted by molar-refractivity contribution is -0.140. The molecule has 0 radical (unpaired) electrons. The highest BCUT2D eigenvalue weighted by Crippen LogP contribution is 2.29. The first-order chi connectivity index (χ1) is 10.9. The predicted molar refractivity (Wildman–Crippen MR) is 81.7 cm³/mol. The van der Waals surface area contributed by atoms with Crippen LogP contribution in [0.25, 0.3) is 6.08 Å². The molecule has 1 saturated heterocycles. The van der Waals surface area contributed by atoms with Crippen LogP contribution in [0.1, 0.15) is 31.5 Å². The van der Waals surface area contributed by atoms with Crippen molar-refractivity contribution in [3.8, 4) is 0 Å². The third kappa shape index (κ3) is 4.15. The summed E-state index contributed by atoms with van der Waals surface area (Å²) in [5.74, 6) is -0.254. The van der Waals surface area contributed by atoms with Crippen LogP contribution in [-0.2, 0) is 11.3 Å². The molecular weight excluding hydrogens is 329 g/mol. The van der Waals surface area contributed by atoms with Crippen LogP contribution in [0.2, 0.25) is 0 Å². The molecule has 1 saturated carbocycles. The number of rotatable bonds is 3. The van der Waals surface area contributed by atoms with Gasteiger partial charge in [0.25, 0.3) is 5.91 Å². The van der Waals surface area contributed by atoms with E-state index in [0.29, 0.717) is 10.1 Å². The van der Waals surface area contributed by atoms with E-state index in [1.54, 1.807) is 0 Å². The highest BCUT2D eigenvalue weighted by atomic mass is 32.2. The maximum absolute atomic E-state index is 12.5. The number of aromatic nitrogens is 2. The van der Waals surface area contributed by atoms with E-state index in [9.17, 15) is 18.0 Å². The smallest absolute Gasteiger partial charge is 0.322 e. The van der Waals surface area contributed by atoms with E-state index in [1.807, 2.05) is 0 Å². The molecule has 0 unspecified atom stereocenters. The van der Waals surface area contributed by atoms with Crippen molar-refractivity contribution in [1.82, 2.24) is 14.9 Å². The second kappa shape index (κ2) is 6.38. The minimum absolute atomic E-state index is 0.0992. The molecule has 1 aliphatic heterocycles. The molecule has 1 aliphatic carbocycles. The molecule has 0 bridgehead atoms. The van der Waals surface area contributed by atoms with Gasteiger partial charge in [-0.3, -0.25) is 9.79 Å². The molecule has 0 atom stereocenters. The molecule has 1 amide bonds. The van der Waals surface area contributed by atoms with Gasteiger partial charge in [0.2, 0.25) is 0 Å². The third-order valence-electron chi connectivity index (χ3n) is 3.63. The molecule has 2 fully saturated rings. The highest BCUT2D eigenvalue weighted by molar-refractivity contribution is 8.18. The van der Waals surface area contributed by atoms with Crippen molar-refractivity contribution in [2.75, 3.05) is 0 Å². The Morgan fingerprint density at radius 3 is 2.87 bits per heavy atom. The maximum Gasteiger partial charge on any atom is 0.406 e. The number of hydrogen-bond donors (Lipinski definition) is 1. The van der Waals surface area contributed by atoms with Crippen LogP contribution in [0, 0.1) is 0 Å². The average Bonchev–Trinajstić information content (AvgIpc) is 3.14. The average molecular weight is 344 g/mol. The predicted octanol–water partition coefficient (Wildman–Crippen LogP) is 2.95. The van der Waals surface area contributed by atoms with Crippen molar-refractivity contribution in [2.24, 2.45) is 4.99 Å². The van der Waals surface area contributed by atoms with Crippen LogP contribution >= 0.6 is 11.8 Å². The first-order valence-electron chi connectivity index (χ1n) is 7.27. The number of aliphatic imine (C=N–C) groups is 1. The standard InChI is InChI=1S/C14H15F3N4OS/c15-14(16,17)8-21-6-5-18-11(21)7-10-12(22)20-13(23-10)19-9-3-1-2-4-9/h5-7,9H,1-4,8H2,(H,19,20,22). The van der Waals surface area contributed by atoms with Crippen molar-refractivity contribution >= 4 is 28.9 Å². The van der Waals surface area contributed by atoms with Gasteiger partial charge in [0.1, 0.15) is 12.4 Å². The molecule has 2 aliphatic rings. The fraction of sp³-hybridized carbons (Fsp3) is 0.500. The molecular formula is C14H15F3N4OS. The summed E-state index contributed by atoms with van der Waals surface area (Å²) < 4.78 is 38.5. The van der Waals surface area contributed by atoms with Crippen LogP contribution in [0.5, 0.6) is 0 Å². The van der Waals surface area contributed by atoms with E-state index in [0.717, 1.165) is 42.0 Å². The normalized spacial score (nSPS) is 23.2. The van der Waals surface area contributed by atoms with Crippen LogP contribution in [0.4, 0.5) is 13.2 Å². The molecule has 0 spiro atoms. The lowest BCUT2D eigenvalue weighted by Gasteiger charge is -2.08. The van der Waals surface area contributed by atoms with Crippen LogP contribution in [0.3, 0.4) is 0 Å². The molecule has 9 heteroatoms. The number of nitrogens with zero attached hydrogens (tertiary/aromatic N) is 3. The minimum Gasteiger partial charge on any atom is -0.322 e. The Kier molecular flexibility index (Phi) is 4.47. The summed E-state index contributed by atoms with van der Waals surface area (Å²) in [5.41, 5.74) is 0. The number of carbonyl (C=O) groups excluding carboxylic acids is 1. The van der Waals surface area contributed by atoms with Crippen LogP contribution < -0.4 is 5.32 Å². The van der Waals surface area contributed by atoms with E-state index >= 15 is 0 Å². The Hall–Kier alpha value is -1.77. The fourth-order valence-electron chi connectivity index (χ4n) is 2.59. The van der Waals surface area contributed by atoms with Crippen molar-refractivity contribution in [1.29, 1.82) is 0 Å². The monoisotopic (exact) mass is 344 g/mol. The molecule has 2 heterocycles. The number of nitrogens with one attached hydrogen (secondary N) is 1. The molecule has 1 aromatic rings. The number of thioether (sulfide) groups is 1. The Morgan fingerprint density at radius 1 is 1.43 bits per heavy atom. The molecule has 124 valence electrons. The van der Waals surface area contributed by atoms with Crippen molar-refractivity contribution in [3.05, 3.63) is 23.1 Å². The largest absolute Gasteiger partial charge is 0.406 e. The van der Waals surface area contributed by atoms with Gasteiger partial charge in [-0.1, -0.05) is 12.8 Å². The summed E-state index contributed by atoms with van der Waals surface area (Å²) in [6, 6.07) is 0.226. The van der Waals surface area contributed by atoms with Crippen molar-refractivity contribution in [2.45, 2.75) is 44.4 Å². The Balaban J connectivity index is 1.75. The van der Waals surface area contributed by atoms with Gasteiger partial charge in [-0.25, -0.2) is 4.98 Å². The minimum atomic E-state index is -4.34. The zero-order valence-corrected chi connectivity index (χ0v) is 13.0. The fourth-order valence-corrected chi connectivity index (χ4v) is 3.45. The molecule has 3 rings (SSSR count). The van der Waals surface area contributed by atoms with Gasteiger partial charge < -0.3 is 9.88 Å². The summed E-state index contributed by atoms with van der Waals surface area (Å²) in [5, 5.41) is 3.17. The van der Waals surface area contributed by atoms with E-state index in [2.05, 4.69) is 15.3 Å². The number of alkyl halides is 3.